The maximum atomic E-state index is 6.12. The Morgan fingerprint density at radius 1 is 1.27 bits per heavy atom. The van der Waals surface area contributed by atoms with Crippen LogP contribution in [0.3, 0.4) is 0 Å². The van der Waals surface area contributed by atoms with E-state index in [1.165, 1.54) is 5.56 Å². The number of aromatic nitrogens is 3. The first-order chi connectivity index (χ1) is 10.3. The molecule has 0 saturated carbocycles. The molecule has 2 aromatic rings. The van der Waals surface area contributed by atoms with Crippen molar-refractivity contribution in [2.75, 3.05) is 12.0 Å². The molecule has 5 nitrogen and oxygen atoms in total. The van der Waals surface area contributed by atoms with Crippen LogP contribution in [0.1, 0.15) is 44.3 Å². The smallest absolute Gasteiger partial charge is 0.151 e. The van der Waals surface area contributed by atoms with Gasteiger partial charge in [0, 0.05) is 24.2 Å². The molecule has 0 unspecified atom stereocenters. The summed E-state index contributed by atoms with van der Waals surface area (Å²) in [5.74, 6) is 1.63. The molecule has 2 aromatic heterocycles. The van der Waals surface area contributed by atoms with Crippen molar-refractivity contribution in [3.63, 3.8) is 0 Å². The van der Waals surface area contributed by atoms with E-state index in [2.05, 4.69) is 48.2 Å². The Balaban J connectivity index is 2.65. The number of hydrogen-bond acceptors (Lipinski definition) is 5. The maximum absolute atomic E-state index is 6.12. The summed E-state index contributed by atoms with van der Waals surface area (Å²) in [5.41, 5.74) is 10.2. The normalized spacial score (nSPS) is 12.3. The minimum atomic E-state index is -0.0338. The zero-order valence-corrected chi connectivity index (χ0v) is 15.3. The van der Waals surface area contributed by atoms with Crippen LogP contribution in [0.2, 0.25) is 0 Å². The lowest BCUT2D eigenvalue weighted by atomic mass is 10.1. The highest BCUT2D eigenvalue weighted by molar-refractivity contribution is 7.96. The molecule has 0 fully saturated rings. The fourth-order valence-corrected chi connectivity index (χ4v) is 3.45. The van der Waals surface area contributed by atoms with Crippen LogP contribution in [0.4, 0.5) is 5.82 Å². The third-order valence-corrected chi connectivity index (χ3v) is 4.64. The van der Waals surface area contributed by atoms with E-state index in [9.17, 15) is 0 Å². The van der Waals surface area contributed by atoms with E-state index in [1.807, 2.05) is 6.92 Å². The van der Waals surface area contributed by atoms with Crippen LogP contribution in [-0.4, -0.2) is 26.3 Å². The Bertz CT molecular complexity index is 675. The Kier molecular flexibility index (Phi) is 5.02. The topological polar surface area (TPSA) is 68.8 Å². The van der Waals surface area contributed by atoms with Gasteiger partial charge in [-0.15, -0.1) is 0 Å². The fraction of sp³-hybridized carbons (Fsp3) is 0.625. The highest BCUT2D eigenvalue weighted by Crippen LogP contribution is 2.28. The number of nitrogens with zero attached hydrogens (tertiary/aromatic N) is 3. The molecular weight excluding hydrogens is 294 g/mol. The second-order valence-corrected chi connectivity index (χ2v) is 7.07. The number of pyridine rings is 1. The van der Waals surface area contributed by atoms with Crippen molar-refractivity contribution >= 4 is 28.8 Å². The zero-order chi connectivity index (χ0) is 16.5. The lowest BCUT2D eigenvalue weighted by Gasteiger charge is -2.27. The first-order valence-corrected chi connectivity index (χ1v) is 8.95. The van der Waals surface area contributed by atoms with Crippen LogP contribution in [0.5, 0.6) is 0 Å². The molecule has 0 atom stereocenters. The summed E-state index contributed by atoms with van der Waals surface area (Å²) in [7, 11) is 0. The molecule has 0 aliphatic rings. The van der Waals surface area contributed by atoms with Crippen LogP contribution >= 0.6 is 11.9 Å². The molecule has 122 valence electrons. The summed E-state index contributed by atoms with van der Waals surface area (Å²) in [6, 6.07) is 0. The molecule has 2 rings (SSSR count). The van der Waals surface area contributed by atoms with E-state index in [1.54, 1.807) is 11.9 Å². The highest BCUT2D eigenvalue weighted by Gasteiger charge is 2.23. The summed E-state index contributed by atoms with van der Waals surface area (Å²) < 4.78 is 5.79. The van der Waals surface area contributed by atoms with Crippen molar-refractivity contribution in [3.05, 3.63) is 17.1 Å². The van der Waals surface area contributed by atoms with Crippen molar-refractivity contribution in [2.24, 2.45) is 0 Å². The van der Waals surface area contributed by atoms with E-state index in [4.69, 9.17) is 10.7 Å². The molecule has 3 N–H and O–H groups in total. The van der Waals surface area contributed by atoms with Crippen LogP contribution < -0.4 is 10.5 Å². The number of rotatable bonds is 6. The van der Waals surface area contributed by atoms with Crippen LogP contribution in [0, 0.1) is 13.8 Å². The molecule has 0 saturated heterocycles. The fourth-order valence-electron chi connectivity index (χ4n) is 2.84. The number of aryl methyl sites for hydroxylation is 3. The minimum absolute atomic E-state index is 0.0338. The maximum Gasteiger partial charge on any atom is 0.151 e. The first kappa shape index (κ1) is 17.1. The van der Waals surface area contributed by atoms with Gasteiger partial charge in [-0.25, -0.2) is 9.97 Å². The average Bonchev–Trinajstić information content (AvgIpc) is 2.75. The number of anilines is 1. The van der Waals surface area contributed by atoms with Crippen LogP contribution in [0.15, 0.2) is 0 Å². The third-order valence-electron chi connectivity index (χ3n) is 3.88. The summed E-state index contributed by atoms with van der Waals surface area (Å²) >= 11 is 1.64. The predicted molar refractivity (Wildman–Crippen MR) is 96.1 cm³/mol. The standard InChI is InChI=1S/C16H27N5S/c1-7-8-12-19-13-14(10(2)11(3)18-15(13)17)21(12)9-16(4,5)20-22-6/h20H,7-9H2,1-6H3,(H2,17,18). The van der Waals surface area contributed by atoms with Gasteiger partial charge in [-0.2, -0.15) is 0 Å². The first-order valence-electron chi connectivity index (χ1n) is 7.72. The van der Waals surface area contributed by atoms with Gasteiger partial charge in [0.1, 0.15) is 11.3 Å². The van der Waals surface area contributed by atoms with Gasteiger partial charge in [0.15, 0.2) is 5.82 Å². The lowest BCUT2D eigenvalue weighted by molar-refractivity contribution is 0.403. The second kappa shape index (κ2) is 6.46. The number of fused-ring (bicyclic) bond motifs is 1. The number of nitrogens with one attached hydrogen (secondary N) is 1. The molecule has 0 aliphatic carbocycles. The molecule has 22 heavy (non-hydrogen) atoms. The Morgan fingerprint density at radius 3 is 2.55 bits per heavy atom. The van der Waals surface area contributed by atoms with E-state index < -0.39 is 0 Å². The van der Waals surface area contributed by atoms with E-state index in [0.29, 0.717) is 5.82 Å². The highest BCUT2D eigenvalue weighted by atomic mass is 32.2. The van der Waals surface area contributed by atoms with Crippen molar-refractivity contribution in [3.8, 4) is 0 Å². The SMILES string of the molecule is CCCc1nc2c(N)nc(C)c(C)c2n1CC(C)(C)NSC. The van der Waals surface area contributed by atoms with E-state index >= 15 is 0 Å². The number of hydrogen-bond donors (Lipinski definition) is 2. The van der Waals surface area contributed by atoms with E-state index in [0.717, 1.165) is 41.9 Å². The molecule has 0 aromatic carbocycles. The van der Waals surface area contributed by atoms with Crippen molar-refractivity contribution in [1.29, 1.82) is 0 Å². The molecular formula is C16H27N5S. The van der Waals surface area contributed by atoms with Crippen LogP contribution in [0.25, 0.3) is 11.0 Å². The van der Waals surface area contributed by atoms with Crippen LogP contribution in [-0.2, 0) is 13.0 Å². The van der Waals surface area contributed by atoms with Gasteiger partial charge in [-0.1, -0.05) is 18.9 Å². The van der Waals surface area contributed by atoms with Gasteiger partial charge in [0.25, 0.3) is 0 Å². The molecule has 2 heterocycles. The van der Waals surface area contributed by atoms with Gasteiger partial charge >= 0.3 is 0 Å². The summed E-state index contributed by atoms with van der Waals surface area (Å²) in [4.78, 5) is 9.22. The molecule has 0 amide bonds. The van der Waals surface area contributed by atoms with Gasteiger partial charge in [0.2, 0.25) is 0 Å². The molecule has 0 radical (unpaired) electrons. The van der Waals surface area contributed by atoms with E-state index in [-0.39, 0.29) is 5.54 Å². The van der Waals surface area contributed by atoms with Crippen molar-refractivity contribution < 1.29 is 0 Å². The van der Waals surface area contributed by atoms with Gasteiger partial charge in [-0.05, 0) is 45.9 Å². The lowest BCUT2D eigenvalue weighted by Crippen LogP contribution is -2.39. The molecule has 6 heteroatoms. The number of imidazole rings is 1. The number of nitrogens with two attached hydrogens (primary N) is 1. The largest absolute Gasteiger partial charge is 0.382 e. The Labute approximate surface area is 137 Å². The van der Waals surface area contributed by atoms with Gasteiger partial charge in [-0.3, -0.25) is 4.72 Å². The summed E-state index contributed by atoms with van der Waals surface area (Å²) in [6.45, 7) is 11.5. The minimum Gasteiger partial charge on any atom is -0.382 e. The van der Waals surface area contributed by atoms with Gasteiger partial charge < -0.3 is 10.3 Å². The summed E-state index contributed by atoms with van der Waals surface area (Å²) in [5, 5.41) is 0. The summed E-state index contributed by atoms with van der Waals surface area (Å²) in [6.07, 6.45) is 4.06. The molecule has 0 bridgehead atoms. The predicted octanol–water partition coefficient (Wildman–Crippen LogP) is 3.23. The quantitative estimate of drug-likeness (QED) is 0.800. The third kappa shape index (κ3) is 3.22. The Morgan fingerprint density at radius 2 is 1.95 bits per heavy atom. The second-order valence-electron chi connectivity index (χ2n) is 6.46. The van der Waals surface area contributed by atoms with Crippen molar-refractivity contribution in [2.45, 2.75) is 59.5 Å². The molecule has 0 aliphatic heterocycles. The van der Waals surface area contributed by atoms with Crippen molar-refractivity contribution in [1.82, 2.24) is 19.3 Å². The Hall–Kier alpha value is -1.27. The zero-order valence-electron chi connectivity index (χ0n) is 14.4. The number of nitrogen functional groups attached to an aromatic ring is 1. The van der Waals surface area contributed by atoms with Gasteiger partial charge in [0.05, 0.1) is 5.52 Å². The molecule has 0 spiro atoms. The monoisotopic (exact) mass is 321 g/mol. The average molecular weight is 321 g/mol.